The van der Waals surface area contributed by atoms with Gasteiger partial charge < -0.3 is 20.1 Å². The molecule has 19 heavy (non-hydrogen) atoms. The van der Waals surface area contributed by atoms with Crippen molar-refractivity contribution in [3.05, 3.63) is 0 Å². The molecular weight excluding hydrogens is 244 g/mol. The number of nitrogens with zero attached hydrogens (tertiary/aromatic N) is 1. The van der Waals surface area contributed by atoms with Crippen LogP contribution in [-0.4, -0.2) is 54.9 Å². The van der Waals surface area contributed by atoms with Gasteiger partial charge >= 0.3 is 0 Å². The van der Waals surface area contributed by atoms with Crippen molar-refractivity contribution in [1.82, 2.24) is 4.90 Å². The quantitative estimate of drug-likeness (QED) is 0.824. The lowest BCUT2D eigenvalue weighted by Gasteiger charge is -2.37. The van der Waals surface area contributed by atoms with Crippen LogP contribution in [-0.2, 0) is 14.3 Å². The minimum atomic E-state index is -0.388. The average Bonchev–Trinajstić information content (AvgIpc) is 2.88. The normalized spacial score (nSPS) is 33.4. The van der Waals surface area contributed by atoms with Gasteiger partial charge in [-0.15, -0.1) is 0 Å². The van der Waals surface area contributed by atoms with Crippen molar-refractivity contribution in [2.24, 2.45) is 5.73 Å². The van der Waals surface area contributed by atoms with Crippen LogP contribution >= 0.6 is 0 Å². The molecule has 0 unspecified atom stereocenters. The van der Waals surface area contributed by atoms with Gasteiger partial charge in [0.05, 0.1) is 12.7 Å². The summed E-state index contributed by atoms with van der Waals surface area (Å²) in [5.74, 6) is 0.0809. The Kier molecular flexibility index (Phi) is 5.19. The van der Waals surface area contributed by atoms with E-state index in [-0.39, 0.29) is 30.2 Å². The van der Waals surface area contributed by atoms with Gasteiger partial charge in [0, 0.05) is 25.2 Å². The summed E-state index contributed by atoms with van der Waals surface area (Å²) in [6.45, 7) is 5.98. The van der Waals surface area contributed by atoms with E-state index in [0.29, 0.717) is 6.61 Å². The zero-order chi connectivity index (χ0) is 13.8. The molecule has 2 rings (SSSR count). The number of hydrogen-bond acceptors (Lipinski definition) is 4. The molecule has 0 aliphatic carbocycles. The highest BCUT2D eigenvalue weighted by molar-refractivity contribution is 5.81. The number of hydrogen-bond donors (Lipinski definition) is 1. The first-order chi connectivity index (χ1) is 9.08. The first kappa shape index (κ1) is 14.8. The fraction of sp³-hybridized carbons (Fsp3) is 0.929. The molecule has 2 fully saturated rings. The van der Waals surface area contributed by atoms with Gasteiger partial charge in [-0.2, -0.15) is 0 Å². The van der Waals surface area contributed by atoms with Crippen LogP contribution in [0.3, 0.4) is 0 Å². The predicted octanol–water partition coefficient (Wildman–Crippen LogP) is 0.909. The SMILES string of the molecule is C[C@H](OC[C@@H]1CCCO1)C(=O)N1CC[C@H](N)C[C@@H]1C. The molecule has 2 saturated heterocycles. The van der Waals surface area contributed by atoms with E-state index in [9.17, 15) is 4.79 Å². The monoisotopic (exact) mass is 270 g/mol. The number of rotatable bonds is 4. The van der Waals surface area contributed by atoms with Crippen molar-refractivity contribution >= 4 is 5.91 Å². The maximum absolute atomic E-state index is 12.3. The Balaban J connectivity index is 1.77. The summed E-state index contributed by atoms with van der Waals surface area (Å²) in [7, 11) is 0. The molecule has 2 heterocycles. The first-order valence-corrected chi connectivity index (χ1v) is 7.37. The van der Waals surface area contributed by atoms with Crippen molar-refractivity contribution in [3.8, 4) is 0 Å². The molecule has 2 aliphatic heterocycles. The van der Waals surface area contributed by atoms with E-state index in [4.69, 9.17) is 15.2 Å². The first-order valence-electron chi connectivity index (χ1n) is 7.37. The van der Waals surface area contributed by atoms with Gasteiger partial charge in [-0.25, -0.2) is 0 Å². The van der Waals surface area contributed by atoms with E-state index in [1.807, 2.05) is 11.8 Å². The molecular formula is C14H26N2O3. The lowest BCUT2D eigenvalue weighted by Crippen LogP contribution is -2.51. The zero-order valence-electron chi connectivity index (χ0n) is 12.0. The molecule has 4 atom stereocenters. The van der Waals surface area contributed by atoms with Crippen molar-refractivity contribution < 1.29 is 14.3 Å². The fourth-order valence-electron chi connectivity index (χ4n) is 2.87. The van der Waals surface area contributed by atoms with Gasteiger partial charge in [-0.05, 0) is 39.5 Å². The molecule has 0 aromatic heterocycles. The number of nitrogens with two attached hydrogens (primary N) is 1. The molecule has 0 saturated carbocycles. The van der Waals surface area contributed by atoms with Gasteiger partial charge in [-0.1, -0.05) is 0 Å². The minimum Gasteiger partial charge on any atom is -0.376 e. The molecule has 0 aromatic rings. The Bertz CT molecular complexity index is 305. The van der Waals surface area contributed by atoms with E-state index in [1.54, 1.807) is 0 Å². The molecule has 5 nitrogen and oxygen atoms in total. The van der Waals surface area contributed by atoms with Crippen molar-refractivity contribution in [2.45, 2.75) is 63.8 Å². The number of likely N-dealkylation sites (tertiary alicyclic amines) is 1. The third-order valence-corrected chi connectivity index (χ3v) is 4.10. The molecule has 2 aliphatic rings. The molecule has 0 aromatic carbocycles. The van der Waals surface area contributed by atoms with E-state index >= 15 is 0 Å². The molecule has 0 spiro atoms. The number of ether oxygens (including phenoxy) is 2. The van der Waals surface area contributed by atoms with Gasteiger partial charge in [0.25, 0.3) is 5.91 Å². The van der Waals surface area contributed by atoms with Crippen LogP contribution in [0.1, 0.15) is 39.5 Å². The van der Waals surface area contributed by atoms with Crippen LogP contribution in [0.15, 0.2) is 0 Å². The van der Waals surface area contributed by atoms with Crippen molar-refractivity contribution in [2.75, 3.05) is 19.8 Å². The number of amides is 1. The molecule has 2 N–H and O–H groups in total. The predicted molar refractivity (Wildman–Crippen MR) is 72.8 cm³/mol. The zero-order valence-corrected chi connectivity index (χ0v) is 12.0. The highest BCUT2D eigenvalue weighted by atomic mass is 16.5. The standard InChI is InChI=1S/C14H26N2O3/c1-10-8-12(15)5-6-16(10)14(17)11(2)19-9-13-4-3-7-18-13/h10-13H,3-9,15H2,1-2H3/t10-,11-,12-,13-/m0/s1. The van der Waals surface area contributed by atoms with Crippen LogP contribution in [0.4, 0.5) is 0 Å². The Morgan fingerprint density at radius 3 is 2.95 bits per heavy atom. The van der Waals surface area contributed by atoms with Gasteiger partial charge in [0.15, 0.2) is 0 Å². The van der Waals surface area contributed by atoms with Crippen molar-refractivity contribution in [3.63, 3.8) is 0 Å². The van der Waals surface area contributed by atoms with E-state index in [0.717, 1.165) is 38.8 Å². The maximum atomic E-state index is 12.3. The second-order valence-corrected chi connectivity index (χ2v) is 5.78. The minimum absolute atomic E-state index is 0.0809. The lowest BCUT2D eigenvalue weighted by atomic mass is 9.98. The number of piperidine rings is 1. The van der Waals surface area contributed by atoms with Crippen LogP contribution in [0.2, 0.25) is 0 Å². The van der Waals surface area contributed by atoms with Gasteiger partial charge in [-0.3, -0.25) is 4.79 Å². The van der Waals surface area contributed by atoms with Crippen LogP contribution in [0, 0.1) is 0 Å². The maximum Gasteiger partial charge on any atom is 0.251 e. The highest BCUT2D eigenvalue weighted by Gasteiger charge is 2.30. The molecule has 5 heteroatoms. The van der Waals surface area contributed by atoms with Crippen molar-refractivity contribution in [1.29, 1.82) is 0 Å². The summed E-state index contributed by atoms with van der Waals surface area (Å²) in [6, 6.07) is 0.437. The molecule has 0 bridgehead atoms. The highest BCUT2D eigenvalue weighted by Crippen LogP contribution is 2.18. The largest absolute Gasteiger partial charge is 0.376 e. The van der Waals surface area contributed by atoms with Crippen LogP contribution in [0.5, 0.6) is 0 Å². The van der Waals surface area contributed by atoms with E-state index in [1.165, 1.54) is 0 Å². The number of carbonyl (C=O) groups is 1. The Hall–Kier alpha value is -0.650. The van der Waals surface area contributed by atoms with Crippen LogP contribution < -0.4 is 5.73 Å². The van der Waals surface area contributed by atoms with Crippen LogP contribution in [0.25, 0.3) is 0 Å². The van der Waals surface area contributed by atoms with E-state index < -0.39 is 0 Å². The van der Waals surface area contributed by atoms with Gasteiger partial charge in [0.2, 0.25) is 0 Å². The topological polar surface area (TPSA) is 64.8 Å². The summed E-state index contributed by atoms with van der Waals surface area (Å²) in [6.07, 6.45) is 3.68. The van der Waals surface area contributed by atoms with Gasteiger partial charge in [0.1, 0.15) is 6.10 Å². The molecule has 1 amide bonds. The Labute approximate surface area is 115 Å². The Morgan fingerprint density at radius 2 is 2.32 bits per heavy atom. The van der Waals surface area contributed by atoms with E-state index in [2.05, 4.69) is 6.92 Å². The summed E-state index contributed by atoms with van der Waals surface area (Å²) in [4.78, 5) is 14.2. The third-order valence-electron chi connectivity index (χ3n) is 4.10. The Morgan fingerprint density at radius 1 is 1.53 bits per heavy atom. The molecule has 110 valence electrons. The lowest BCUT2D eigenvalue weighted by molar-refractivity contribution is -0.148. The smallest absolute Gasteiger partial charge is 0.251 e. The third kappa shape index (κ3) is 3.91. The summed E-state index contributed by atoms with van der Waals surface area (Å²) >= 11 is 0. The summed E-state index contributed by atoms with van der Waals surface area (Å²) in [5.41, 5.74) is 5.92. The fourth-order valence-corrected chi connectivity index (χ4v) is 2.87. The number of carbonyl (C=O) groups excluding carboxylic acids is 1. The second kappa shape index (κ2) is 6.68. The summed E-state index contributed by atoms with van der Waals surface area (Å²) in [5, 5.41) is 0. The average molecular weight is 270 g/mol. The second-order valence-electron chi connectivity index (χ2n) is 5.78. The molecule has 0 radical (unpaired) electrons. The summed E-state index contributed by atoms with van der Waals surface area (Å²) < 4.78 is 11.2.